The van der Waals surface area contributed by atoms with Gasteiger partial charge in [-0.2, -0.15) is 0 Å². The lowest BCUT2D eigenvalue weighted by Crippen LogP contribution is -2.58. The molecule has 1 aliphatic rings. The fourth-order valence-electron chi connectivity index (χ4n) is 1.90. The molecule has 1 amide bonds. The first-order valence-corrected chi connectivity index (χ1v) is 5.61. The number of carbonyl (C=O) groups excluding carboxylic acids is 1. The molecule has 0 spiro atoms. The third kappa shape index (κ3) is 3.09. The van der Waals surface area contributed by atoms with Crippen molar-refractivity contribution in [3.8, 4) is 0 Å². The van der Waals surface area contributed by atoms with Crippen LogP contribution in [0.4, 0.5) is 4.79 Å². The molecule has 1 unspecified atom stereocenters. The summed E-state index contributed by atoms with van der Waals surface area (Å²) in [7, 11) is 0. The Balaban J connectivity index is 2.70. The molecule has 0 aromatic carbocycles. The summed E-state index contributed by atoms with van der Waals surface area (Å²) in [4.78, 5) is 13.6. The van der Waals surface area contributed by atoms with Gasteiger partial charge in [-0.15, -0.1) is 0 Å². The van der Waals surface area contributed by atoms with E-state index in [0.29, 0.717) is 6.61 Å². The molecule has 15 heavy (non-hydrogen) atoms. The number of nitrogens with one attached hydrogen (secondary N) is 1. The summed E-state index contributed by atoms with van der Waals surface area (Å²) in [5.41, 5.74) is 0.0835. The zero-order valence-corrected chi connectivity index (χ0v) is 10.2. The number of piperazine rings is 1. The van der Waals surface area contributed by atoms with Gasteiger partial charge in [-0.1, -0.05) is 20.8 Å². The number of ether oxygens (including phenoxy) is 1. The van der Waals surface area contributed by atoms with Crippen LogP contribution < -0.4 is 5.32 Å². The van der Waals surface area contributed by atoms with E-state index in [1.165, 1.54) is 0 Å². The standard InChI is InChI=1S/C11H22N2O2/c1-5-15-10(14)13-7-6-12-8-9(13)11(2,3)4/h9,12H,5-8H2,1-4H3. The van der Waals surface area contributed by atoms with Gasteiger partial charge in [0.25, 0.3) is 0 Å². The van der Waals surface area contributed by atoms with Crippen LogP contribution in [0.15, 0.2) is 0 Å². The van der Waals surface area contributed by atoms with Crippen LogP contribution in [0.1, 0.15) is 27.7 Å². The lowest BCUT2D eigenvalue weighted by atomic mass is 9.85. The van der Waals surface area contributed by atoms with E-state index >= 15 is 0 Å². The van der Waals surface area contributed by atoms with Crippen LogP contribution in [0.3, 0.4) is 0 Å². The molecule has 0 aromatic heterocycles. The van der Waals surface area contributed by atoms with Gasteiger partial charge in [-0.3, -0.25) is 0 Å². The van der Waals surface area contributed by atoms with Crippen LogP contribution in [0, 0.1) is 5.41 Å². The summed E-state index contributed by atoms with van der Waals surface area (Å²) < 4.78 is 5.07. The highest BCUT2D eigenvalue weighted by Gasteiger charge is 2.35. The molecule has 0 aliphatic carbocycles. The van der Waals surface area contributed by atoms with E-state index in [-0.39, 0.29) is 17.6 Å². The van der Waals surface area contributed by atoms with Gasteiger partial charge in [0.05, 0.1) is 12.6 Å². The van der Waals surface area contributed by atoms with Crippen LogP contribution in [-0.4, -0.2) is 43.3 Å². The second-order valence-electron chi connectivity index (χ2n) is 4.98. The van der Waals surface area contributed by atoms with E-state index < -0.39 is 0 Å². The second-order valence-corrected chi connectivity index (χ2v) is 4.98. The first-order chi connectivity index (χ1) is 6.96. The highest BCUT2D eigenvalue weighted by Crippen LogP contribution is 2.25. The Morgan fingerprint density at radius 1 is 1.53 bits per heavy atom. The van der Waals surface area contributed by atoms with Crippen molar-refractivity contribution in [2.24, 2.45) is 5.41 Å². The number of hydrogen-bond donors (Lipinski definition) is 1. The van der Waals surface area contributed by atoms with Gasteiger partial charge < -0.3 is 15.0 Å². The van der Waals surface area contributed by atoms with E-state index in [1.54, 1.807) is 0 Å². The van der Waals surface area contributed by atoms with Crippen LogP contribution in [0.5, 0.6) is 0 Å². The summed E-state index contributed by atoms with van der Waals surface area (Å²) in [6.45, 7) is 11.2. The Morgan fingerprint density at radius 2 is 2.20 bits per heavy atom. The first kappa shape index (κ1) is 12.3. The average molecular weight is 214 g/mol. The van der Waals surface area contributed by atoms with Gasteiger partial charge in [0.2, 0.25) is 0 Å². The van der Waals surface area contributed by atoms with Crippen molar-refractivity contribution in [3.63, 3.8) is 0 Å². The fraction of sp³-hybridized carbons (Fsp3) is 0.909. The number of carbonyl (C=O) groups is 1. The molecular formula is C11H22N2O2. The van der Waals surface area contributed by atoms with Crippen molar-refractivity contribution in [1.82, 2.24) is 10.2 Å². The van der Waals surface area contributed by atoms with E-state index in [4.69, 9.17) is 4.74 Å². The molecule has 0 saturated carbocycles. The largest absolute Gasteiger partial charge is 0.450 e. The van der Waals surface area contributed by atoms with Gasteiger partial charge in [-0.25, -0.2) is 4.79 Å². The molecule has 1 heterocycles. The topological polar surface area (TPSA) is 41.6 Å². The summed E-state index contributed by atoms with van der Waals surface area (Å²) in [5.74, 6) is 0. The van der Waals surface area contributed by atoms with Crippen LogP contribution >= 0.6 is 0 Å². The summed E-state index contributed by atoms with van der Waals surface area (Å²) in [5, 5.41) is 3.32. The predicted octanol–water partition coefficient (Wildman–Crippen LogP) is 1.46. The number of hydrogen-bond acceptors (Lipinski definition) is 3. The Bertz CT molecular complexity index is 223. The van der Waals surface area contributed by atoms with Crippen molar-refractivity contribution in [3.05, 3.63) is 0 Å². The maximum Gasteiger partial charge on any atom is 0.410 e. The SMILES string of the molecule is CCOC(=O)N1CCNCC1C(C)(C)C. The Morgan fingerprint density at radius 3 is 2.73 bits per heavy atom. The van der Waals surface area contributed by atoms with Gasteiger partial charge in [0.15, 0.2) is 0 Å². The molecule has 0 aromatic rings. The van der Waals surface area contributed by atoms with Crippen molar-refractivity contribution in [2.75, 3.05) is 26.2 Å². The normalized spacial score (nSPS) is 22.7. The molecule has 1 saturated heterocycles. The second kappa shape index (κ2) is 4.84. The molecule has 4 nitrogen and oxygen atoms in total. The molecule has 0 bridgehead atoms. The monoisotopic (exact) mass is 214 g/mol. The molecular weight excluding hydrogens is 192 g/mol. The summed E-state index contributed by atoms with van der Waals surface area (Å²) in [6, 6.07) is 0.213. The maximum absolute atomic E-state index is 11.7. The number of nitrogens with zero attached hydrogens (tertiary/aromatic N) is 1. The van der Waals surface area contributed by atoms with Gasteiger partial charge in [0.1, 0.15) is 0 Å². The van der Waals surface area contributed by atoms with E-state index in [1.807, 2.05) is 11.8 Å². The summed E-state index contributed by atoms with van der Waals surface area (Å²) >= 11 is 0. The zero-order valence-electron chi connectivity index (χ0n) is 10.2. The van der Waals surface area contributed by atoms with Gasteiger partial charge in [0, 0.05) is 19.6 Å². The van der Waals surface area contributed by atoms with Crippen LogP contribution in [0.25, 0.3) is 0 Å². The maximum atomic E-state index is 11.7. The van der Waals surface area contributed by atoms with Gasteiger partial charge in [-0.05, 0) is 12.3 Å². The minimum absolute atomic E-state index is 0.0835. The molecule has 1 rings (SSSR count). The average Bonchev–Trinajstić information content (AvgIpc) is 2.17. The lowest BCUT2D eigenvalue weighted by Gasteiger charge is -2.42. The number of rotatable bonds is 1. The molecule has 4 heteroatoms. The highest BCUT2D eigenvalue weighted by atomic mass is 16.6. The molecule has 1 N–H and O–H groups in total. The smallest absolute Gasteiger partial charge is 0.410 e. The van der Waals surface area contributed by atoms with Crippen molar-refractivity contribution < 1.29 is 9.53 Å². The van der Waals surface area contributed by atoms with E-state index in [9.17, 15) is 4.79 Å². The quantitative estimate of drug-likeness (QED) is 0.718. The summed E-state index contributed by atoms with van der Waals surface area (Å²) in [6.07, 6.45) is -0.182. The molecule has 1 aliphatic heterocycles. The highest BCUT2D eigenvalue weighted by molar-refractivity contribution is 5.68. The minimum atomic E-state index is -0.182. The fourth-order valence-corrected chi connectivity index (χ4v) is 1.90. The molecule has 0 radical (unpaired) electrons. The van der Waals surface area contributed by atoms with Crippen molar-refractivity contribution >= 4 is 6.09 Å². The predicted molar refractivity (Wildman–Crippen MR) is 59.8 cm³/mol. The third-order valence-electron chi connectivity index (χ3n) is 2.75. The van der Waals surface area contributed by atoms with Crippen LogP contribution in [-0.2, 0) is 4.74 Å². The molecule has 1 atom stereocenters. The Hall–Kier alpha value is -0.770. The third-order valence-corrected chi connectivity index (χ3v) is 2.75. The number of amides is 1. The molecule has 1 fully saturated rings. The first-order valence-electron chi connectivity index (χ1n) is 5.61. The zero-order chi connectivity index (χ0) is 11.5. The lowest BCUT2D eigenvalue weighted by molar-refractivity contribution is 0.0474. The molecule has 88 valence electrons. The van der Waals surface area contributed by atoms with Crippen LogP contribution in [0.2, 0.25) is 0 Å². The Kier molecular flexibility index (Phi) is 3.97. The van der Waals surface area contributed by atoms with Crippen molar-refractivity contribution in [2.45, 2.75) is 33.7 Å². The van der Waals surface area contributed by atoms with E-state index in [2.05, 4.69) is 26.1 Å². The van der Waals surface area contributed by atoms with Gasteiger partial charge >= 0.3 is 6.09 Å². The van der Waals surface area contributed by atoms with Crippen molar-refractivity contribution in [1.29, 1.82) is 0 Å². The Labute approximate surface area is 92.0 Å². The van der Waals surface area contributed by atoms with E-state index in [0.717, 1.165) is 19.6 Å². The minimum Gasteiger partial charge on any atom is -0.450 e.